The molecular formula is C19H18ClFN6. The second-order valence-corrected chi connectivity index (χ2v) is 6.58. The van der Waals surface area contributed by atoms with Crippen molar-refractivity contribution in [3.05, 3.63) is 65.6 Å². The summed E-state index contributed by atoms with van der Waals surface area (Å²) < 4.78 is 14.0. The Morgan fingerprint density at radius 3 is 2.41 bits per heavy atom. The summed E-state index contributed by atoms with van der Waals surface area (Å²) in [4.78, 5) is 8.61. The van der Waals surface area contributed by atoms with Crippen LogP contribution in [0.3, 0.4) is 0 Å². The second-order valence-electron chi connectivity index (χ2n) is 6.17. The fourth-order valence-corrected chi connectivity index (χ4v) is 3.23. The Bertz CT molecular complexity index is 929. The average Bonchev–Trinajstić information content (AvgIpc) is 2.71. The van der Waals surface area contributed by atoms with Crippen LogP contribution in [0, 0.1) is 5.82 Å². The van der Waals surface area contributed by atoms with Crippen molar-refractivity contribution < 1.29 is 4.39 Å². The Labute approximate surface area is 161 Å². The number of hydrogen-bond donors (Lipinski definition) is 1. The lowest BCUT2D eigenvalue weighted by Crippen LogP contribution is -2.47. The number of nitrogens with zero attached hydrogens (tertiary/aromatic N) is 5. The maximum Gasteiger partial charge on any atom is 0.247 e. The number of para-hydroxylation sites is 2. The molecule has 1 fully saturated rings. The Kier molecular flexibility index (Phi) is 5.02. The number of nitrogens with one attached hydrogen (secondary N) is 1. The highest BCUT2D eigenvalue weighted by Crippen LogP contribution is 2.25. The summed E-state index contributed by atoms with van der Waals surface area (Å²) in [5, 5.41) is 12.0. The van der Waals surface area contributed by atoms with Crippen molar-refractivity contribution in [1.29, 1.82) is 0 Å². The van der Waals surface area contributed by atoms with Crippen molar-refractivity contribution in [1.82, 2.24) is 15.2 Å². The zero-order valence-electron chi connectivity index (χ0n) is 14.5. The minimum atomic E-state index is -0.199. The number of hydrogen-bond acceptors (Lipinski definition) is 6. The predicted octanol–water partition coefficient (Wildman–Crippen LogP) is 3.73. The lowest BCUT2D eigenvalue weighted by molar-refractivity contribution is 0.592. The van der Waals surface area contributed by atoms with Gasteiger partial charge in [0.25, 0.3) is 0 Å². The molecule has 1 aliphatic rings. The van der Waals surface area contributed by atoms with Gasteiger partial charge in [-0.05, 0) is 24.3 Å². The molecule has 0 amide bonds. The highest BCUT2D eigenvalue weighted by Gasteiger charge is 2.21. The Morgan fingerprint density at radius 2 is 1.63 bits per heavy atom. The summed E-state index contributed by atoms with van der Waals surface area (Å²) in [5.74, 6) is 0.916. The van der Waals surface area contributed by atoms with Gasteiger partial charge in [0.1, 0.15) is 5.82 Å². The highest BCUT2D eigenvalue weighted by molar-refractivity contribution is 6.33. The first-order valence-electron chi connectivity index (χ1n) is 8.66. The molecule has 8 heteroatoms. The predicted molar refractivity (Wildman–Crippen MR) is 105 cm³/mol. The lowest BCUT2D eigenvalue weighted by Gasteiger charge is -2.36. The van der Waals surface area contributed by atoms with Gasteiger partial charge in [0.15, 0.2) is 5.82 Å². The molecule has 2 aromatic carbocycles. The highest BCUT2D eigenvalue weighted by atomic mass is 35.5. The van der Waals surface area contributed by atoms with Crippen LogP contribution < -0.4 is 15.1 Å². The van der Waals surface area contributed by atoms with Crippen LogP contribution in [0.15, 0.2) is 54.7 Å². The fraction of sp³-hybridized carbons (Fsp3) is 0.211. The van der Waals surface area contributed by atoms with Crippen molar-refractivity contribution in [3.63, 3.8) is 0 Å². The van der Waals surface area contributed by atoms with Gasteiger partial charge in [-0.3, -0.25) is 0 Å². The van der Waals surface area contributed by atoms with Gasteiger partial charge in [-0.15, -0.1) is 5.10 Å². The van der Waals surface area contributed by atoms with E-state index >= 15 is 0 Å². The molecule has 0 unspecified atom stereocenters. The van der Waals surface area contributed by atoms with E-state index in [0.29, 0.717) is 48.7 Å². The first kappa shape index (κ1) is 17.5. The molecule has 0 aliphatic carbocycles. The maximum absolute atomic E-state index is 14.0. The molecule has 0 spiro atoms. The Hall–Kier alpha value is -2.93. The molecule has 0 bridgehead atoms. The number of benzene rings is 2. The topological polar surface area (TPSA) is 57.2 Å². The van der Waals surface area contributed by atoms with Crippen LogP contribution in [0.5, 0.6) is 0 Å². The molecule has 1 N–H and O–H groups in total. The first-order chi connectivity index (χ1) is 13.2. The van der Waals surface area contributed by atoms with Crippen LogP contribution in [0.25, 0.3) is 0 Å². The summed E-state index contributed by atoms with van der Waals surface area (Å²) in [6, 6.07) is 14.3. The third-order valence-electron chi connectivity index (χ3n) is 4.44. The molecule has 6 nitrogen and oxygen atoms in total. The monoisotopic (exact) mass is 384 g/mol. The molecule has 0 saturated carbocycles. The van der Waals surface area contributed by atoms with E-state index in [9.17, 15) is 4.39 Å². The third kappa shape index (κ3) is 3.93. The fourth-order valence-electron chi connectivity index (χ4n) is 3.04. The van der Waals surface area contributed by atoms with Gasteiger partial charge in [-0.25, -0.2) is 4.39 Å². The average molecular weight is 385 g/mol. The largest absolute Gasteiger partial charge is 0.366 e. The molecule has 1 aliphatic heterocycles. The van der Waals surface area contributed by atoms with E-state index in [0.717, 1.165) is 5.69 Å². The number of rotatable bonds is 4. The van der Waals surface area contributed by atoms with Gasteiger partial charge in [0.2, 0.25) is 5.95 Å². The van der Waals surface area contributed by atoms with Crippen LogP contribution in [0.2, 0.25) is 5.02 Å². The van der Waals surface area contributed by atoms with E-state index in [1.807, 2.05) is 34.1 Å². The maximum atomic E-state index is 14.0. The zero-order chi connectivity index (χ0) is 18.6. The molecule has 0 radical (unpaired) electrons. The second kappa shape index (κ2) is 7.75. The summed E-state index contributed by atoms with van der Waals surface area (Å²) in [7, 11) is 0. The van der Waals surface area contributed by atoms with Crippen molar-refractivity contribution in [2.24, 2.45) is 0 Å². The molecule has 2 heterocycles. The van der Waals surface area contributed by atoms with E-state index in [4.69, 9.17) is 11.6 Å². The van der Waals surface area contributed by atoms with Crippen LogP contribution in [-0.2, 0) is 0 Å². The summed E-state index contributed by atoms with van der Waals surface area (Å²) in [6.45, 7) is 2.75. The summed E-state index contributed by atoms with van der Waals surface area (Å²) in [6.07, 6.45) is 1.56. The number of anilines is 4. The molecule has 1 saturated heterocycles. The Morgan fingerprint density at radius 1 is 0.926 bits per heavy atom. The minimum absolute atomic E-state index is 0.199. The SMILES string of the molecule is Fc1ccccc1N1CCN(c2nncc(Nc3ccccc3Cl)n2)CC1. The summed E-state index contributed by atoms with van der Waals surface area (Å²) >= 11 is 6.18. The number of piperazine rings is 1. The molecule has 27 heavy (non-hydrogen) atoms. The molecular weight excluding hydrogens is 367 g/mol. The van der Waals surface area contributed by atoms with Gasteiger partial charge in [-0.1, -0.05) is 35.9 Å². The van der Waals surface area contributed by atoms with Gasteiger partial charge >= 0.3 is 0 Å². The van der Waals surface area contributed by atoms with Crippen molar-refractivity contribution in [2.45, 2.75) is 0 Å². The number of aromatic nitrogens is 3. The van der Waals surface area contributed by atoms with Crippen molar-refractivity contribution in [2.75, 3.05) is 41.3 Å². The van der Waals surface area contributed by atoms with Crippen LogP contribution >= 0.6 is 11.6 Å². The molecule has 138 valence electrons. The minimum Gasteiger partial charge on any atom is -0.366 e. The van der Waals surface area contributed by atoms with E-state index in [1.54, 1.807) is 24.4 Å². The Balaban J connectivity index is 1.44. The van der Waals surface area contributed by atoms with Gasteiger partial charge < -0.3 is 15.1 Å². The quantitative estimate of drug-likeness (QED) is 0.739. The third-order valence-corrected chi connectivity index (χ3v) is 4.77. The standard InChI is InChI=1S/C19H18ClFN6/c20-14-5-1-3-7-16(14)23-18-13-22-25-19(24-18)27-11-9-26(10-12-27)17-8-4-2-6-15(17)21/h1-8,13H,9-12H2,(H,23,24,25). The van der Waals surface area contributed by atoms with Gasteiger partial charge in [0.05, 0.1) is 22.6 Å². The smallest absolute Gasteiger partial charge is 0.247 e. The van der Waals surface area contributed by atoms with Crippen LogP contribution in [0.1, 0.15) is 0 Å². The van der Waals surface area contributed by atoms with E-state index in [1.165, 1.54) is 6.07 Å². The molecule has 4 rings (SSSR count). The summed E-state index contributed by atoms with van der Waals surface area (Å²) in [5.41, 5.74) is 1.39. The van der Waals surface area contributed by atoms with Crippen molar-refractivity contribution >= 4 is 34.7 Å². The molecule has 1 aromatic heterocycles. The van der Waals surface area contributed by atoms with E-state index in [2.05, 4.69) is 20.5 Å². The number of halogens is 2. The molecule has 3 aromatic rings. The van der Waals surface area contributed by atoms with E-state index in [-0.39, 0.29) is 5.82 Å². The normalized spacial score (nSPS) is 14.3. The molecule has 0 atom stereocenters. The van der Waals surface area contributed by atoms with Gasteiger partial charge in [-0.2, -0.15) is 10.1 Å². The lowest BCUT2D eigenvalue weighted by atomic mass is 10.2. The van der Waals surface area contributed by atoms with E-state index < -0.39 is 0 Å². The first-order valence-corrected chi connectivity index (χ1v) is 9.04. The zero-order valence-corrected chi connectivity index (χ0v) is 15.3. The van der Waals surface area contributed by atoms with Crippen LogP contribution in [0.4, 0.5) is 27.5 Å². The van der Waals surface area contributed by atoms with Gasteiger partial charge in [0, 0.05) is 26.2 Å². The van der Waals surface area contributed by atoms with Crippen LogP contribution in [-0.4, -0.2) is 41.4 Å². The van der Waals surface area contributed by atoms with Crippen molar-refractivity contribution in [3.8, 4) is 0 Å².